The van der Waals surface area contributed by atoms with Crippen LogP contribution in [0.1, 0.15) is 5.56 Å². The molecule has 102 valence electrons. The molecule has 0 aromatic heterocycles. The van der Waals surface area contributed by atoms with Gasteiger partial charge in [-0.3, -0.25) is 9.69 Å². The molecule has 0 unspecified atom stereocenters. The molecule has 0 N–H and O–H groups in total. The van der Waals surface area contributed by atoms with Crippen LogP contribution < -0.4 is 9.47 Å². The van der Waals surface area contributed by atoms with Crippen molar-refractivity contribution >= 4 is 34.2 Å². The second-order valence-corrected chi connectivity index (χ2v) is 5.75. The summed E-state index contributed by atoms with van der Waals surface area (Å²) in [5.74, 6) is 2.20. The molecule has 0 radical (unpaired) electrons. The lowest BCUT2D eigenvalue weighted by atomic mass is 10.1. The van der Waals surface area contributed by atoms with Crippen LogP contribution in [-0.2, 0) is 11.2 Å². The van der Waals surface area contributed by atoms with Gasteiger partial charge in [-0.2, -0.15) is 0 Å². The summed E-state index contributed by atoms with van der Waals surface area (Å²) in [5.41, 5.74) is 0.891. The molecule has 1 saturated heterocycles. The van der Waals surface area contributed by atoms with Crippen LogP contribution >= 0.6 is 24.0 Å². The van der Waals surface area contributed by atoms with E-state index in [-0.39, 0.29) is 5.91 Å². The van der Waals surface area contributed by atoms with Crippen molar-refractivity contribution in [1.29, 1.82) is 0 Å². The summed E-state index contributed by atoms with van der Waals surface area (Å²) >= 11 is 6.69. The van der Waals surface area contributed by atoms with Gasteiger partial charge in [0.05, 0.1) is 20.6 Å². The molecule has 0 aliphatic carbocycles. The topological polar surface area (TPSA) is 38.8 Å². The third-order valence-electron chi connectivity index (χ3n) is 2.87. The summed E-state index contributed by atoms with van der Waals surface area (Å²) in [6.07, 6.45) is 0.320. The van der Waals surface area contributed by atoms with Gasteiger partial charge in [0.1, 0.15) is 4.32 Å². The highest BCUT2D eigenvalue weighted by Gasteiger charge is 2.24. The molecule has 1 heterocycles. The number of carbonyl (C=O) groups excluding carboxylic acids is 1. The zero-order valence-corrected chi connectivity index (χ0v) is 12.5. The van der Waals surface area contributed by atoms with Crippen LogP contribution in [0.15, 0.2) is 18.2 Å². The quantitative estimate of drug-likeness (QED) is 0.796. The molecule has 0 saturated carbocycles. The highest BCUT2D eigenvalue weighted by atomic mass is 32.2. The fourth-order valence-electron chi connectivity index (χ4n) is 1.88. The molecule has 4 nitrogen and oxygen atoms in total. The number of benzene rings is 1. The summed E-state index contributed by atoms with van der Waals surface area (Å²) in [7, 11) is 3.16. The first-order valence-electron chi connectivity index (χ1n) is 5.83. The SMILES string of the molecule is COc1ccc(CC(=O)N2CCSC2=S)cc1OC. The first-order chi connectivity index (χ1) is 9.15. The third-order valence-corrected chi connectivity index (χ3v) is 4.29. The van der Waals surface area contributed by atoms with Crippen molar-refractivity contribution in [3.8, 4) is 11.5 Å². The fourth-order valence-corrected chi connectivity index (χ4v) is 3.12. The van der Waals surface area contributed by atoms with Gasteiger partial charge >= 0.3 is 0 Å². The molecule has 1 aromatic carbocycles. The summed E-state index contributed by atoms with van der Waals surface area (Å²) < 4.78 is 11.1. The summed E-state index contributed by atoms with van der Waals surface area (Å²) in [6.45, 7) is 0.704. The predicted octanol–water partition coefficient (Wildman–Crippen LogP) is 2.11. The second-order valence-electron chi connectivity index (χ2n) is 4.03. The number of thioether (sulfide) groups is 1. The molecule has 1 aromatic rings. The Morgan fingerprint density at radius 3 is 2.68 bits per heavy atom. The van der Waals surface area contributed by atoms with Crippen LogP contribution in [0.3, 0.4) is 0 Å². The third kappa shape index (κ3) is 3.19. The average molecular weight is 297 g/mol. The summed E-state index contributed by atoms with van der Waals surface area (Å²) in [6, 6.07) is 5.49. The Balaban J connectivity index is 2.10. The van der Waals surface area contributed by atoms with E-state index in [2.05, 4.69) is 0 Å². The largest absolute Gasteiger partial charge is 0.493 e. The first-order valence-corrected chi connectivity index (χ1v) is 7.23. The molecule has 6 heteroatoms. The lowest BCUT2D eigenvalue weighted by Crippen LogP contribution is -2.31. The smallest absolute Gasteiger partial charge is 0.232 e. The van der Waals surface area contributed by atoms with Crippen molar-refractivity contribution in [2.24, 2.45) is 0 Å². The number of amides is 1. The van der Waals surface area contributed by atoms with Gasteiger partial charge in [0.25, 0.3) is 0 Å². The van der Waals surface area contributed by atoms with Gasteiger partial charge in [0.2, 0.25) is 5.91 Å². The Hall–Kier alpha value is -1.27. The van der Waals surface area contributed by atoms with Gasteiger partial charge in [0.15, 0.2) is 11.5 Å². The van der Waals surface area contributed by atoms with Crippen molar-refractivity contribution in [3.05, 3.63) is 23.8 Å². The Morgan fingerprint density at radius 1 is 1.37 bits per heavy atom. The van der Waals surface area contributed by atoms with Crippen LogP contribution in [0, 0.1) is 0 Å². The number of hydrogen-bond donors (Lipinski definition) is 0. The Bertz CT molecular complexity index is 505. The van der Waals surface area contributed by atoms with Crippen molar-refractivity contribution in [2.75, 3.05) is 26.5 Å². The van der Waals surface area contributed by atoms with Crippen LogP contribution in [0.5, 0.6) is 11.5 Å². The highest BCUT2D eigenvalue weighted by molar-refractivity contribution is 8.23. The molecular formula is C13H15NO3S2. The number of hydrogen-bond acceptors (Lipinski definition) is 5. The summed E-state index contributed by atoms with van der Waals surface area (Å²) in [5, 5.41) is 0. The molecule has 1 amide bonds. The molecule has 0 bridgehead atoms. The maximum atomic E-state index is 12.1. The lowest BCUT2D eigenvalue weighted by Gasteiger charge is -2.15. The molecular weight excluding hydrogens is 282 g/mol. The van der Waals surface area contributed by atoms with Gasteiger partial charge in [-0.15, -0.1) is 0 Å². The van der Waals surface area contributed by atoms with E-state index in [0.717, 1.165) is 11.3 Å². The number of nitrogens with zero attached hydrogens (tertiary/aromatic N) is 1. The van der Waals surface area contributed by atoms with E-state index < -0.39 is 0 Å². The van der Waals surface area contributed by atoms with E-state index in [4.69, 9.17) is 21.7 Å². The van der Waals surface area contributed by atoms with Gasteiger partial charge in [-0.25, -0.2) is 0 Å². The Morgan fingerprint density at radius 2 is 2.11 bits per heavy atom. The van der Waals surface area contributed by atoms with Gasteiger partial charge in [-0.1, -0.05) is 30.0 Å². The highest BCUT2D eigenvalue weighted by Crippen LogP contribution is 2.28. The zero-order chi connectivity index (χ0) is 13.8. The van der Waals surface area contributed by atoms with Crippen LogP contribution in [0.2, 0.25) is 0 Å². The fraction of sp³-hybridized carbons (Fsp3) is 0.385. The number of ether oxygens (including phenoxy) is 2. The molecule has 1 fully saturated rings. The zero-order valence-electron chi connectivity index (χ0n) is 10.8. The molecule has 0 atom stereocenters. The summed E-state index contributed by atoms with van der Waals surface area (Å²) in [4.78, 5) is 13.8. The second kappa shape index (κ2) is 6.25. The van der Waals surface area contributed by atoms with Gasteiger partial charge in [0, 0.05) is 12.3 Å². The van der Waals surface area contributed by atoms with E-state index in [1.165, 1.54) is 0 Å². The minimum Gasteiger partial charge on any atom is -0.493 e. The van der Waals surface area contributed by atoms with Crippen LogP contribution in [-0.4, -0.2) is 41.6 Å². The van der Waals surface area contributed by atoms with Gasteiger partial charge < -0.3 is 9.47 Å². The van der Waals surface area contributed by atoms with Crippen LogP contribution in [0.25, 0.3) is 0 Å². The first kappa shape index (κ1) is 14.1. The van der Waals surface area contributed by atoms with Crippen molar-refractivity contribution in [3.63, 3.8) is 0 Å². The number of carbonyl (C=O) groups is 1. The number of thiocarbonyl (C=S) groups is 1. The van der Waals surface area contributed by atoms with Crippen molar-refractivity contribution < 1.29 is 14.3 Å². The molecule has 0 spiro atoms. The minimum atomic E-state index is 0.0298. The van der Waals surface area contributed by atoms with E-state index in [1.54, 1.807) is 36.9 Å². The minimum absolute atomic E-state index is 0.0298. The maximum Gasteiger partial charge on any atom is 0.232 e. The maximum absolute atomic E-state index is 12.1. The van der Waals surface area contributed by atoms with E-state index >= 15 is 0 Å². The predicted molar refractivity (Wildman–Crippen MR) is 80.0 cm³/mol. The van der Waals surface area contributed by atoms with Crippen LogP contribution in [0.4, 0.5) is 0 Å². The standard InChI is InChI=1S/C13H15NO3S2/c1-16-10-4-3-9(7-11(10)17-2)8-12(15)14-5-6-19-13(14)18/h3-4,7H,5-6,8H2,1-2H3. The van der Waals surface area contributed by atoms with E-state index in [1.807, 2.05) is 12.1 Å². The molecule has 1 aliphatic heterocycles. The number of methoxy groups -OCH3 is 2. The lowest BCUT2D eigenvalue weighted by molar-refractivity contribution is -0.126. The van der Waals surface area contributed by atoms with E-state index in [0.29, 0.717) is 28.8 Å². The average Bonchev–Trinajstić information content (AvgIpc) is 2.85. The monoisotopic (exact) mass is 297 g/mol. The molecule has 2 rings (SSSR count). The van der Waals surface area contributed by atoms with E-state index in [9.17, 15) is 4.79 Å². The normalized spacial score (nSPS) is 14.6. The van der Waals surface area contributed by atoms with Crippen molar-refractivity contribution in [1.82, 2.24) is 4.90 Å². The number of rotatable bonds is 4. The Labute approximate surface area is 122 Å². The van der Waals surface area contributed by atoms with Gasteiger partial charge in [-0.05, 0) is 17.7 Å². The Kier molecular flexibility index (Phi) is 4.66. The van der Waals surface area contributed by atoms with Crippen molar-refractivity contribution in [2.45, 2.75) is 6.42 Å². The molecule has 19 heavy (non-hydrogen) atoms. The molecule has 1 aliphatic rings.